The zero-order chi connectivity index (χ0) is 8.11. The van der Waals surface area contributed by atoms with Crippen LogP contribution in [0.2, 0.25) is 0 Å². The van der Waals surface area contributed by atoms with Gasteiger partial charge in [-0.15, -0.1) is 0 Å². The molecule has 1 spiro atoms. The van der Waals surface area contributed by atoms with Crippen LogP contribution in [0.1, 0.15) is 40.0 Å². The third-order valence-corrected chi connectivity index (χ3v) is 3.64. The zero-order valence-corrected chi connectivity index (χ0v) is 7.91. The quantitative estimate of drug-likeness (QED) is 0.562. The fraction of sp³-hybridized carbons (Fsp3) is 1.00. The first-order valence-corrected chi connectivity index (χ1v) is 4.79. The lowest BCUT2D eigenvalue weighted by Crippen LogP contribution is -2.58. The molecule has 1 heterocycles. The van der Waals surface area contributed by atoms with Gasteiger partial charge in [-0.3, -0.25) is 0 Å². The third kappa shape index (κ3) is 1.01. The lowest BCUT2D eigenvalue weighted by atomic mass is 9.78. The van der Waals surface area contributed by atoms with Crippen molar-refractivity contribution in [2.24, 2.45) is 11.3 Å². The molecule has 0 radical (unpaired) electrons. The summed E-state index contributed by atoms with van der Waals surface area (Å²) in [5.41, 5.74) is 1.15. The van der Waals surface area contributed by atoms with Gasteiger partial charge < -0.3 is 5.32 Å². The molecule has 0 aromatic carbocycles. The molecule has 1 saturated carbocycles. The van der Waals surface area contributed by atoms with E-state index in [-0.39, 0.29) is 0 Å². The Hall–Kier alpha value is -0.0400. The molecule has 2 fully saturated rings. The van der Waals surface area contributed by atoms with Crippen molar-refractivity contribution in [1.29, 1.82) is 0 Å². The zero-order valence-electron chi connectivity index (χ0n) is 7.91. The summed E-state index contributed by atoms with van der Waals surface area (Å²) in [5, 5.41) is 3.63. The second kappa shape index (κ2) is 2.01. The Morgan fingerprint density at radius 3 is 2.18 bits per heavy atom. The van der Waals surface area contributed by atoms with Crippen LogP contribution in [0.5, 0.6) is 0 Å². The van der Waals surface area contributed by atoms with Crippen molar-refractivity contribution in [3.63, 3.8) is 0 Å². The molecular weight excluding hydrogens is 134 g/mol. The van der Waals surface area contributed by atoms with Crippen LogP contribution in [0, 0.1) is 11.3 Å². The van der Waals surface area contributed by atoms with E-state index >= 15 is 0 Å². The maximum atomic E-state index is 3.63. The summed E-state index contributed by atoms with van der Waals surface area (Å²) in [5.74, 6) is 0.895. The molecule has 1 heteroatoms. The largest absolute Gasteiger partial charge is 0.311 e. The molecule has 1 N–H and O–H groups in total. The fourth-order valence-electron chi connectivity index (χ4n) is 3.14. The van der Waals surface area contributed by atoms with Gasteiger partial charge in [0, 0.05) is 5.54 Å². The van der Waals surface area contributed by atoms with Crippen molar-refractivity contribution in [3.8, 4) is 0 Å². The van der Waals surface area contributed by atoms with E-state index in [4.69, 9.17) is 0 Å². The maximum Gasteiger partial charge on any atom is 0.0224 e. The topological polar surface area (TPSA) is 12.0 Å². The van der Waals surface area contributed by atoms with Crippen LogP contribution in [-0.2, 0) is 0 Å². The summed E-state index contributed by atoms with van der Waals surface area (Å²) in [7, 11) is 0. The lowest BCUT2D eigenvalue weighted by Gasteiger charge is -2.44. The monoisotopic (exact) mass is 153 g/mol. The Balaban J connectivity index is 2.14. The molecule has 11 heavy (non-hydrogen) atoms. The van der Waals surface area contributed by atoms with Crippen LogP contribution in [0.4, 0.5) is 0 Å². The van der Waals surface area contributed by atoms with E-state index in [9.17, 15) is 0 Å². The first-order valence-electron chi connectivity index (χ1n) is 4.79. The van der Waals surface area contributed by atoms with E-state index in [1.165, 1.54) is 25.8 Å². The molecular formula is C10H19N. The smallest absolute Gasteiger partial charge is 0.0224 e. The second-order valence-electron chi connectivity index (χ2n) is 5.28. The highest BCUT2D eigenvalue weighted by atomic mass is 15.1. The average molecular weight is 153 g/mol. The molecule has 0 bridgehead atoms. The molecule has 1 saturated heterocycles. The van der Waals surface area contributed by atoms with Crippen molar-refractivity contribution < 1.29 is 0 Å². The van der Waals surface area contributed by atoms with Gasteiger partial charge in [-0.1, -0.05) is 20.8 Å². The molecule has 2 unspecified atom stereocenters. The summed E-state index contributed by atoms with van der Waals surface area (Å²) >= 11 is 0. The molecule has 1 aliphatic carbocycles. The molecule has 2 rings (SSSR count). The molecule has 1 nitrogen and oxygen atoms in total. The Morgan fingerprint density at radius 2 is 2.00 bits per heavy atom. The number of hydrogen-bond acceptors (Lipinski definition) is 1. The van der Waals surface area contributed by atoms with Gasteiger partial charge >= 0.3 is 0 Å². The summed E-state index contributed by atoms with van der Waals surface area (Å²) < 4.78 is 0. The van der Waals surface area contributed by atoms with Crippen LogP contribution < -0.4 is 5.32 Å². The first kappa shape index (κ1) is 7.60. The third-order valence-electron chi connectivity index (χ3n) is 3.64. The van der Waals surface area contributed by atoms with Crippen molar-refractivity contribution >= 4 is 0 Å². The minimum Gasteiger partial charge on any atom is -0.311 e. The standard InChI is InChI=1S/C10H19N/c1-8-6-9(2,3)7-10(8)4-5-11-10/h8,11H,4-7H2,1-3H3. The van der Waals surface area contributed by atoms with Gasteiger partial charge in [0.2, 0.25) is 0 Å². The fourth-order valence-corrected chi connectivity index (χ4v) is 3.14. The predicted octanol–water partition coefficient (Wildman–Crippen LogP) is 2.17. The van der Waals surface area contributed by atoms with Crippen molar-refractivity contribution in [1.82, 2.24) is 5.32 Å². The minimum atomic E-state index is 0.559. The first-order chi connectivity index (χ1) is 5.04. The summed E-state index contributed by atoms with van der Waals surface area (Å²) in [6.45, 7) is 8.46. The van der Waals surface area contributed by atoms with E-state index in [0.717, 1.165) is 5.92 Å². The van der Waals surface area contributed by atoms with Gasteiger partial charge in [-0.25, -0.2) is 0 Å². The second-order valence-corrected chi connectivity index (χ2v) is 5.28. The van der Waals surface area contributed by atoms with Crippen LogP contribution in [0.3, 0.4) is 0 Å². The summed E-state index contributed by atoms with van der Waals surface area (Å²) in [6.07, 6.45) is 4.21. The van der Waals surface area contributed by atoms with E-state index in [1.54, 1.807) is 0 Å². The highest BCUT2D eigenvalue weighted by Crippen LogP contribution is 2.51. The van der Waals surface area contributed by atoms with Gasteiger partial charge in [-0.05, 0) is 37.1 Å². The number of rotatable bonds is 0. The number of nitrogens with one attached hydrogen (secondary N) is 1. The SMILES string of the molecule is CC1CC(C)(C)CC12CCN2. The van der Waals surface area contributed by atoms with Crippen LogP contribution in [-0.4, -0.2) is 12.1 Å². The predicted molar refractivity (Wildman–Crippen MR) is 47.5 cm³/mol. The van der Waals surface area contributed by atoms with E-state index < -0.39 is 0 Å². The van der Waals surface area contributed by atoms with Crippen LogP contribution in [0.25, 0.3) is 0 Å². The highest BCUT2D eigenvalue weighted by molar-refractivity contribution is 5.08. The van der Waals surface area contributed by atoms with E-state index in [0.29, 0.717) is 11.0 Å². The van der Waals surface area contributed by atoms with Gasteiger partial charge in [0.15, 0.2) is 0 Å². The normalized spacial score (nSPS) is 47.7. The van der Waals surface area contributed by atoms with Crippen molar-refractivity contribution in [2.45, 2.75) is 45.6 Å². The molecule has 64 valence electrons. The van der Waals surface area contributed by atoms with Gasteiger partial charge in [0.05, 0.1) is 0 Å². The molecule has 1 aliphatic heterocycles. The molecule has 0 amide bonds. The Kier molecular flexibility index (Phi) is 1.39. The highest BCUT2D eigenvalue weighted by Gasteiger charge is 2.51. The Morgan fingerprint density at radius 1 is 1.36 bits per heavy atom. The molecule has 0 aromatic rings. The minimum absolute atomic E-state index is 0.559. The molecule has 2 aliphatic rings. The van der Waals surface area contributed by atoms with E-state index in [2.05, 4.69) is 26.1 Å². The number of hydrogen-bond donors (Lipinski definition) is 1. The summed E-state index contributed by atoms with van der Waals surface area (Å²) in [4.78, 5) is 0. The molecule has 2 atom stereocenters. The van der Waals surface area contributed by atoms with Crippen molar-refractivity contribution in [2.75, 3.05) is 6.54 Å². The maximum absolute atomic E-state index is 3.63. The molecule has 0 aromatic heterocycles. The summed E-state index contributed by atoms with van der Waals surface area (Å²) in [6, 6.07) is 0. The lowest BCUT2D eigenvalue weighted by molar-refractivity contribution is 0.152. The van der Waals surface area contributed by atoms with E-state index in [1.807, 2.05) is 0 Å². The Bertz CT molecular complexity index is 168. The van der Waals surface area contributed by atoms with Crippen LogP contribution >= 0.6 is 0 Å². The average Bonchev–Trinajstić information content (AvgIpc) is 1.99. The van der Waals surface area contributed by atoms with Crippen molar-refractivity contribution in [3.05, 3.63) is 0 Å². The Labute approximate surface area is 69.6 Å². The van der Waals surface area contributed by atoms with Crippen LogP contribution in [0.15, 0.2) is 0 Å². The van der Waals surface area contributed by atoms with Gasteiger partial charge in [0.25, 0.3) is 0 Å². The van der Waals surface area contributed by atoms with Gasteiger partial charge in [0.1, 0.15) is 0 Å². The van der Waals surface area contributed by atoms with Gasteiger partial charge in [-0.2, -0.15) is 0 Å².